The molecular formula is C14H23NO2. The van der Waals surface area contributed by atoms with Crippen molar-refractivity contribution >= 4 is 5.97 Å². The lowest BCUT2D eigenvalue weighted by Crippen LogP contribution is -2.26. The molecule has 1 N–H and O–H groups in total. The van der Waals surface area contributed by atoms with Gasteiger partial charge >= 0.3 is 5.97 Å². The molecule has 0 aliphatic heterocycles. The lowest BCUT2D eigenvalue weighted by molar-refractivity contribution is -0.143. The summed E-state index contributed by atoms with van der Waals surface area (Å²) < 4.78 is 2.09. The zero-order valence-electron chi connectivity index (χ0n) is 11.4. The summed E-state index contributed by atoms with van der Waals surface area (Å²) in [5.74, 6) is -1.02. The molecule has 0 amide bonds. The third-order valence-corrected chi connectivity index (χ3v) is 3.03. The van der Waals surface area contributed by atoms with E-state index in [9.17, 15) is 9.90 Å². The van der Waals surface area contributed by atoms with Crippen molar-refractivity contribution in [3.05, 3.63) is 23.5 Å². The molecule has 0 fully saturated rings. The van der Waals surface area contributed by atoms with Crippen LogP contribution in [0.25, 0.3) is 0 Å². The maximum absolute atomic E-state index is 11.3. The monoisotopic (exact) mass is 237 g/mol. The van der Waals surface area contributed by atoms with Crippen molar-refractivity contribution in [1.82, 2.24) is 4.57 Å². The fourth-order valence-electron chi connectivity index (χ4n) is 2.18. The first-order valence-corrected chi connectivity index (χ1v) is 6.06. The Morgan fingerprint density at radius 2 is 1.76 bits per heavy atom. The SMILES string of the molecule is Cc1ccc(C)n1CC(CC(C)(C)C)C(=O)O. The number of aromatic nitrogens is 1. The number of aryl methyl sites for hydroxylation is 2. The Morgan fingerprint density at radius 3 is 2.12 bits per heavy atom. The molecule has 1 heterocycles. The lowest BCUT2D eigenvalue weighted by Gasteiger charge is -2.24. The molecule has 0 aliphatic carbocycles. The minimum atomic E-state index is -0.701. The molecule has 0 saturated heterocycles. The van der Waals surface area contributed by atoms with Crippen LogP contribution < -0.4 is 0 Å². The van der Waals surface area contributed by atoms with Gasteiger partial charge in [-0.15, -0.1) is 0 Å². The van der Waals surface area contributed by atoms with Gasteiger partial charge in [-0.2, -0.15) is 0 Å². The van der Waals surface area contributed by atoms with Crippen molar-refractivity contribution in [3.8, 4) is 0 Å². The van der Waals surface area contributed by atoms with E-state index in [1.54, 1.807) is 0 Å². The molecule has 0 saturated carbocycles. The Labute approximate surface area is 103 Å². The van der Waals surface area contributed by atoms with Crippen LogP contribution in [0.1, 0.15) is 38.6 Å². The van der Waals surface area contributed by atoms with Gasteiger partial charge in [-0.05, 0) is 37.8 Å². The summed E-state index contributed by atoms with van der Waals surface area (Å²) in [5.41, 5.74) is 2.29. The smallest absolute Gasteiger partial charge is 0.308 e. The van der Waals surface area contributed by atoms with Gasteiger partial charge < -0.3 is 9.67 Å². The zero-order chi connectivity index (χ0) is 13.2. The molecule has 1 unspecified atom stereocenters. The van der Waals surface area contributed by atoms with E-state index < -0.39 is 5.97 Å². The highest BCUT2D eigenvalue weighted by Crippen LogP contribution is 2.26. The fourth-order valence-corrected chi connectivity index (χ4v) is 2.18. The Kier molecular flexibility index (Phi) is 4.02. The van der Waals surface area contributed by atoms with Crippen molar-refractivity contribution < 1.29 is 9.90 Å². The summed E-state index contributed by atoms with van der Waals surface area (Å²) in [6, 6.07) is 4.07. The van der Waals surface area contributed by atoms with Crippen molar-refractivity contribution in [2.24, 2.45) is 11.3 Å². The van der Waals surface area contributed by atoms with E-state index in [0.717, 1.165) is 11.4 Å². The number of aliphatic carboxylic acids is 1. The predicted octanol–water partition coefficient (Wildman–Crippen LogP) is 3.24. The Hall–Kier alpha value is -1.25. The van der Waals surface area contributed by atoms with E-state index in [1.807, 2.05) is 26.0 Å². The molecule has 17 heavy (non-hydrogen) atoms. The predicted molar refractivity (Wildman–Crippen MR) is 69.1 cm³/mol. The number of nitrogens with zero attached hydrogens (tertiary/aromatic N) is 1. The van der Waals surface area contributed by atoms with E-state index in [-0.39, 0.29) is 11.3 Å². The van der Waals surface area contributed by atoms with Gasteiger partial charge in [-0.25, -0.2) is 0 Å². The molecule has 1 atom stereocenters. The molecule has 0 aliphatic rings. The maximum atomic E-state index is 11.3. The number of rotatable bonds is 4. The van der Waals surface area contributed by atoms with Crippen LogP contribution in [0.5, 0.6) is 0 Å². The van der Waals surface area contributed by atoms with Gasteiger partial charge in [0.1, 0.15) is 0 Å². The standard InChI is InChI=1S/C14H23NO2/c1-10-6-7-11(2)15(10)9-12(13(16)17)8-14(3,4)5/h6-7,12H,8-9H2,1-5H3,(H,16,17). The minimum absolute atomic E-state index is 0.0397. The number of carbonyl (C=O) groups is 1. The van der Waals surface area contributed by atoms with E-state index >= 15 is 0 Å². The van der Waals surface area contributed by atoms with Crippen LogP contribution in [-0.4, -0.2) is 15.6 Å². The first kappa shape index (κ1) is 13.8. The highest BCUT2D eigenvalue weighted by Gasteiger charge is 2.25. The zero-order valence-corrected chi connectivity index (χ0v) is 11.4. The van der Waals surface area contributed by atoms with Gasteiger partial charge in [0, 0.05) is 17.9 Å². The summed E-state index contributed by atoms with van der Waals surface area (Å²) in [7, 11) is 0. The van der Waals surface area contributed by atoms with Crippen molar-refractivity contribution in [1.29, 1.82) is 0 Å². The molecule has 96 valence electrons. The van der Waals surface area contributed by atoms with E-state index in [1.165, 1.54) is 0 Å². The molecule has 3 nitrogen and oxygen atoms in total. The average Bonchev–Trinajstić information content (AvgIpc) is 2.45. The van der Waals surface area contributed by atoms with Crippen LogP contribution >= 0.6 is 0 Å². The second-order valence-corrected chi connectivity index (χ2v) is 6.03. The summed E-state index contributed by atoms with van der Waals surface area (Å²) in [6.45, 7) is 10.8. The molecule has 0 bridgehead atoms. The van der Waals surface area contributed by atoms with Gasteiger partial charge in [-0.3, -0.25) is 4.79 Å². The van der Waals surface area contributed by atoms with Crippen LogP contribution in [-0.2, 0) is 11.3 Å². The highest BCUT2D eigenvalue weighted by atomic mass is 16.4. The molecular weight excluding hydrogens is 214 g/mol. The van der Waals surface area contributed by atoms with Crippen LogP contribution in [0.2, 0.25) is 0 Å². The minimum Gasteiger partial charge on any atom is -0.481 e. The highest BCUT2D eigenvalue weighted by molar-refractivity contribution is 5.70. The normalized spacial score (nSPS) is 13.7. The first-order chi connectivity index (χ1) is 7.70. The van der Waals surface area contributed by atoms with Gasteiger partial charge in [0.05, 0.1) is 5.92 Å². The van der Waals surface area contributed by atoms with Gasteiger partial charge in [-0.1, -0.05) is 20.8 Å². The molecule has 0 radical (unpaired) electrons. The topological polar surface area (TPSA) is 42.2 Å². The van der Waals surface area contributed by atoms with Crippen molar-refractivity contribution in [2.75, 3.05) is 0 Å². The van der Waals surface area contributed by atoms with Crippen molar-refractivity contribution in [2.45, 2.75) is 47.6 Å². The summed E-state index contributed by atoms with van der Waals surface area (Å²) in [6.07, 6.45) is 0.694. The van der Waals surface area contributed by atoms with E-state index in [4.69, 9.17) is 0 Å². The van der Waals surface area contributed by atoms with Crippen LogP contribution in [0.15, 0.2) is 12.1 Å². The Morgan fingerprint density at radius 1 is 1.29 bits per heavy atom. The molecule has 0 aromatic carbocycles. The Bertz CT molecular complexity index is 379. The van der Waals surface area contributed by atoms with E-state index in [0.29, 0.717) is 13.0 Å². The lowest BCUT2D eigenvalue weighted by atomic mass is 9.84. The number of carboxylic acid groups (broad SMARTS) is 1. The number of carboxylic acids is 1. The van der Waals surface area contributed by atoms with E-state index in [2.05, 4.69) is 25.3 Å². The van der Waals surface area contributed by atoms with Gasteiger partial charge in [0.2, 0.25) is 0 Å². The average molecular weight is 237 g/mol. The number of hydrogen-bond acceptors (Lipinski definition) is 1. The maximum Gasteiger partial charge on any atom is 0.308 e. The van der Waals surface area contributed by atoms with Crippen LogP contribution in [0.3, 0.4) is 0 Å². The third-order valence-electron chi connectivity index (χ3n) is 3.03. The molecule has 3 heteroatoms. The third kappa shape index (κ3) is 3.91. The largest absolute Gasteiger partial charge is 0.481 e. The quantitative estimate of drug-likeness (QED) is 0.873. The summed E-state index contributed by atoms with van der Waals surface area (Å²) in [4.78, 5) is 11.3. The first-order valence-electron chi connectivity index (χ1n) is 6.06. The second-order valence-electron chi connectivity index (χ2n) is 6.03. The number of hydrogen-bond donors (Lipinski definition) is 1. The Balaban J connectivity index is 2.85. The second kappa shape index (κ2) is 4.94. The van der Waals surface area contributed by atoms with Gasteiger partial charge in [0.25, 0.3) is 0 Å². The fraction of sp³-hybridized carbons (Fsp3) is 0.643. The molecule has 1 rings (SSSR count). The van der Waals surface area contributed by atoms with Crippen LogP contribution in [0, 0.1) is 25.2 Å². The summed E-state index contributed by atoms with van der Waals surface area (Å²) in [5, 5.41) is 9.30. The van der Waals surface area contributed by atoms with Crippen molar-refractivity contribution in [3.63, 3.8) is 0 Å². The summed E-state index contributed by atoms with van der Waals surface area (Å²) >= 11 is 0. The molecule has 1 aromatic heterocycles. The molecule has 1 aromatic rings. The van der Waals surface area contributed by atoms with Crippen LogP contribution in [0.4, 0.5) is 0 Å². The van der Waals surface area contributed by atoms with Gasteiger partial charge in [0.15, 0.2) is 0 Å². The molecule has 0 spiro atoms.